The van der Waals surface area contributed by atoms with Gasteiger partial charge in [-0.3, -0.25) is 0 Å². The number of nitrogens with two attached hydrogens (primary N) is 1. The number of thiazole rings is 1. The maximum atomic E-state index is 12.9. The van der Waals surface area contributed by atoms with E-state index in [9.17, 15) is 13.2 Å². The van der Waals surface area contributed by atoms with Crippen molar-refractivity contribution < 1.29 is 17.9 Å². The highest BCUT2D eigenvalue weighted by Crippen LogP contribution is 2.35. The summed E-state index contributed by atoms with van der Waals surface area (Å²) in [6.07, 6.45) is -2.67. The molecule has 2 heterocycles. The molecule has 6 nitrogen and oxygen atoms in total. The molecule has 0 aliphatic carbocycles. The fraction of sp³-hybridized carbons (Fsp3) is 0.412. The number of piperazine rings is 1. The van der Waals surface area contributed by atoms with Crippen molar-refractivity contribution in [3.05, 3.63) is 41.4 Å². The number of para-hydroxylation sites is 1. The number of aliphatic imine (C=N–C) groups is 1. The molecule has 1 saturated heterocycles. The molecule has 2 aromatic rings. The summed E-state index contributed by atoms with van der Waals surface area (Å²) in [5.74, 6) is 0.178. The molecule has 0 amide bonds. The molecule has 0 saturated carbocycles. The second-order valence-electron chi connectivity index (χ2n) is 5.87. The van der Waals surface area contributed by atoms with Gasteiger partial charge in [0.25, 0.3) is 0 Å². The SMILES string of the molecule is NC(=NCCOc1ccccc1C(F)(F)F)N1CCN(c2nccs2)CC1. The molecule has 0 radical (unpaired) electrons. The Hall–Kier alpha value is -2.49. The monoisotopic (exact) mass is 399 g/mol. The number of anilines is 1. The molecule has 146 valence electrons. The molecule has 1 fully saturated rings. The van der Waals surface area contributed by atoms with Crippen molar-refractivity contribution in [3.63, 3.8) is 0 Å². The number of alkyl halides is 3. The van der Waals surface area contributed by atoms with Crippen LogP contribution < -0.4 is 15.4 Å². The zero-order valence-corrected chi connectivity index (χ0v) is 15.3. The Morgan fingerprint density at radius 1 is 1.22 bits per heavy atom. The molecule has 1 aliphatic rings. The van der Waals surface area contributed by atoms with Gasteiger partial charge in [0, 0.05) is 37.8 Å². The second kappa shape index (κ2) is 8.47. The van der Waals surface area contributed by atoms with Crippen LogP contribution in [0, 0.1) is 0 Å². The van der Waals surface area contributed by atoms with Crippen molar-refractivity contribution in [2.45, 2.75) is 6.18 Å². The predicted octanol–water partition coefficient (Wildman–Crippen LogP) is 2.68. The van der Waals surface area contributed by atoms with Gasteiger partial charge in [-0.2, -0.15) is 13.2 Å². The van der Waals surface area contributed by atoms with E-state index in [0.29, 0.717) is 19.0 Å². The minimum atomic E-state index is -4.45. The van der Waals surface area contributed by atoms with E-state index in [4.69, 9.17) is 10.5 Å². The first kappa shape index (κ1) is 19.3. The molecule has 1 aromatic carbocycles. The van der Waals surface area contributed by atoms with Gasteiger partial charge in [0.2, 0.25) is 0 Å². The molecule has 1 aliphatic heterocycles. The van der Waals surface area contributed by atoms with Crippen LogP contribution in [0.1, 0.15) is 5.56 Å². The van der Waals surface area contributed by atoms with Crippen LogP contribution in [0.15, 0.2) is 40.8 Å². The van der Waals surface area contributed by atoms with E-state index in [0.717, 1.165) is 24.3 Å². The summed E-state index contributed by atoms with van der Waals surface area (Å²) >= 11 is 1.59. The molecule has 1 aromatic heterocycles. The van der Waals surface area contributed by atoms with Crippen LogP contribution in [0.2, 0.25) is 0 Å². The van der Waals surface area contributed by atoms with Gasteiger partial charge >= 0.3 is 6.18 Å². The molecule has 0 bridgehead atoms. The third-order valence-corrected chi connectivity index (χ3v) is 4.94. The smallest absolute Gasteiger partial charge is 0.419 e. The normalized spacial score (nSPS) is 15.9. The fourth-order valence-corrected chi connectivity index (χ4v) is 3.44. The van der Waals surface area contributed by atoms with Gasteiger partial charge in [0.1, 0.15) is 12.4 Å². The Bertz CT molecular complexity index is 758. The molecular formula is C17H20F3N5OS. The van der Waals surface area contributed by atoms with E-state index in [2.05, 4.69) is 14.9 Å². The molecule has 10 heteroatoms. The minimum Gasteiger partial charge on any atom is -0.491 e. The Balaban J connectivity index is 1.47. The zero-order valence-electron chi connectivity index (χ0n) is 14.5. The Morgan fingerprint density at radius 2 is 1.96 bits per heavy atom. The molecular weight excluding hydrogens is 379 g/mol. The number of hydrogen-bond donors (Lipinski definition) is 1. The number of rotatable bonds is 5. The van der Waals surface area contributed by atoms with Crippen LogP contribution in [0.25, 0.3) is 0 Å². The van der Waals surface area contributed by atoms with Crippen LogP contribution in [-0.2, 0) is 6.18 Å². The lowest BCUT2D eigenvalue weighted by Crippen LogP contribution is -2.51. The summed E-state index contributed by atoms with van der Waals surface area (Å²) in [6.45, 7) is 3.22. The van der Waals surface area contributed by atoms with Gasteiger partial charge in [-0.15, -0.1) is 11.3 Å². The first-order valence-corrected chi connectivity index (χ1v) is 9.31. The van der Waals surface area contributed by atoms with E-state index in [-0.39, 0.29) is 18.9 Å². The number of nitrogens with zero attached hydrogens (tertiary/aromatic N) is 4. The molecule has 0 atom stereocenters. The van der Waals surface area contributed by atoms with Gasteiger partial charge in [-0.25, -0.2) is 9.98 Å². The predicted molar refractivity (Wildman–Crippen MR) is 99.3 cm³/mol. The fourth-order valence-electron chi connectivity index (χ4n) is 2.74. The summed E-state index contributed by atoms with van der Waals surface area (Å²) in [6, 6.07) is 5.13. The summed E-state index contributed by atoms with van der Waals surface area (Å²) in [7, 11) is 0. The van der Waals surface area contributed by atoms with E-state index in [1.165, 1.54) is 18.2 Å². The zero-order chi connectivity index (χ0) is 19.3. The van der Waals surface area contributed by atoms with E-state index in [1.54, 1.807) is 17.5 Å². The summed E-state index contributed by atoms with van der Waals surface area (Å²) < 4.78 is 44.0. The molecule has 3 rings (SSSR count). The van der Waals surface area contributed by atoms with Crippen molar-refractivity contribution in [1.82, 2.24) is 9.88 Å². The summed E-state index contributed by atoms with van der Waals surface area (Å²) in [4.78, 5) is 12.7. The number of ether oxygens (including phenoxy) is 1. The van der Waals surface area contributed by atoms with Crippen molar-refractivity contribution >= 4 is 22.4 Å². The minimum absolute atomic E-state index is 0.0207. The maximum absolute atomic E-state index is 12.9. The molecule has 2 N–H and O–H groups in total. The largest absolute Gasteiger partial charge is 0.491 e. The van der Waals surface area contributed by atoms with E-state index < -0.39 is 11.7 Å². The lowest BCUT2D eigenvalue weighted by molar-refractivity contribution is -0.138. The van der Waals surface area contributed by atoms with Crippen molar-refractivity contribution in [2.75, 3.05) is 44.2 Å². The number of halogens is 3. The van der Waals surface area contributed by atoms with Crippen LogP contribution in [-0.4, -0.2) is 55.2 Å². The number of hydrogen-bond acceptors (Lipinski definition) is 5. The lowest BCUT2D eigenvalue weighted by atomic mass is 10.2. The highest BCUT2D eigenvalue weighted by molar-refractivity contribution is 7.13. The van der Waals surface area contributed by atoms with Gasteiger partial charge < -0.3 is 20.3 Å². The van der Waals surface area contributed by atoms with Crippen molar-refractivity contribution in [1.29, 1.82) is 0 Å². The topological polar surface area (TPSA) is 67.0 Å². The van der Waals surface area contributed by atoms with Crippen LogP contribution in [0.4, 0.5) is 18.3 Å². The summed E-state index contributed by atoms with van der Waals surface area (Å²) in [5, 5.41) is 2.93. The van der Waals surface area contributed by atoms with Crippen molar-refractivity contribution in [2.24, 2.45) is 10.7 Å². The highest BCUT2D eigenvalue weighted by atomic mass is 32.1. The second-order valence-corrected chi connectivity index (χ2v) is 6.74. The third kappa shape index (κ3) is 5.03. The van der Waals surface area contributed by atoms with Gasteiger partial charge in [-0.05, 0) is 12.1 Å². The van der Waals surface area contributed by atoms with Crippen LogP contribution in [0.5, 0.6) is 5.75 Å². The Morgan fingerprint density at radius 3 is 2.63 bits per heavy atom. The summed E-state index contributed by atoms with van der Waals surface area (Å²) in [5.41, 5.74) is 5.21. The van der Waals surface area contributed by atoms with E-state index >= 15 is 0 Å². The number of guanidine groups is 1. The highest BCUT2D eigenvalue weighted by Gasteiger charge is 2.33. The average molecular weight is 399 g/mol. The standard InChI is InChI=1S/C17H20F3N5OS/c18-17(19,20)13-3-1-2-4-14(13)26-11-5-22-15(21)24-7-9-25(10-8-24)16-23-6-12-27-16/h1-4,6,12H,5,7-11H2,(H2,21,22). The third-order valence-electron chi connectivity index (χ3n) is 4.11. The van der Waals surface area contributed by atoms with Gasteiger partial charge in [0.15, 0.2) is 11.1 Å². The first-order valence-electron chi connectivity index (χ1n) is 8.43. The average Bonchev–Trinajstić information content (AvgIpc) is 3.19. The molecule has 0 spiro atoms. The van der Waals surface area contributed by atoms with E-state index in [1.807, 2.05) is 10.3 Å². The van der Waals surface area contributed by atoms with Gasteiger partial charge in [0.05, 0.1) is 12.1 Å². The number of benzene rings is 1. The number of aromatic nitrogens is 1. The van der Waals surface area contributed by atoms with Crippen LogP contribution in [0.3, 0.4) is 0 Å². The molecule has 0 unspecified atom stereocenters. The van der Waals surface area contributed by atoms with Crippen LogP contribution >= 0.6 is 11.3 Å². The quantitative estimate of drug-likeness (QED) is 0.476. The van der Waals surface area contributed by atoms with Crippen molar-refractivity contribution in [3.8, 4) is 5.75 Å². The first-order chi connectivity index (χ1) is 12.9. The Labute approximate surface area is 159 Å². The maximum Gasteiger partial charge on any atom is 0.419 e. The Kier molecular flexibility index (Phi) is 6.04. The lowest BCUT2D eigenvalue weighted by Gasteiger charge is -2.35. The molecule has 27 heavy (non-hydrogen) atoms. The van der Waals surface area contributed by atoms with Gasteiger partial charge in [-0.1, -0.05) is 12.1 Å².